The first-order valence-corrected chi connectivity index (χ1v) is 15.6. The molecular weight excluding hydrogens is 560 g/mol. The Hall–Kier alpha value is -6.26. The van der Waals surface area contributed by atoms with E-state index in [0.717, 1.165) is 33.7 Å². The van der Waals surface area contributed by atoms with Crippen LogP contribution in [0.5, 0.6) is 0 Å². The number of nitrogens with zero attached hydrogens (tertiary/aromatic N) is 4. The van der Waals surface area contributed by atoms with Crippen molar-refractivity contribution in [3.05, 3.63) is 158 Å². The molecular formula is C42H26N4. The van der Waals surface area contributed by atoms with Crippen LogP contribution in [0.4, 0.5) is 0 Å². The first-order chi connectivity index (χ1) is 22.8. The van der Waals surface area contributed by atoms with Gasteiger partial charge in [0.25, 0.3) is 0 Å². The van der Waals surface area contributed by atoms with Gasteiger partial charge in [0, 0.05) is 38.6 Å². The van der Waals surface area contributed by atoms with Gasteiger partial charge < -0.3 is 4.40 Å². The topological polar surface area (TPSA) is 35.1 Å². The molecule has 4 nitrogen and oxygen atoms in total. The summed E-state index contributed by atoms with van der Waals surface area (Å²) in [7, 11) is 0. The fraction of sp³-hybridized carbons (Fsp3) is 0. The van der Waals surface area contributed by atoms with Gasteiger partial charge in [0.15, 0.2) is 0 Å². The molecule has 0 fully saturated rings. The second-order valence-electron chi connectivity index (χ2n) is 11.9. The van der Waals surface area contributed by atoms with E-state index in [1.807, 2.05) is 6.07 Å². The molecule has 0 aliphatic carbocycles. The van der Waals surface area contributed by atoms with Crippen molar-refractivity contribution in [2.75, 3.05) is 0 Å². The summed E-state index contributed by atoms with van der Waals surface area (Å²) >= 11 is 0. The standard InChI is InChI=1S/C42H26N4/c1-2-11-27(12-3-1)28-14-10-15-29(21-28)36-24-42(44-26-43-36)46-38-20-9-7-18-33(38)35-23-34-31-16-5-6-17-32(31)39-22-30-13-4-8-19-37(30)45(39)40(34)25-41(35)46/h1-26H. The average molecular weight is 587 g/mol. The van der Waals surface area contributed by atoms with Gasteiger partial charge in [-0.1, -0.05) is 109 Å². The first kappa shape index (κ1) is 25.1. The van der Waals surface area contributed by atoms with E-state index < -0.39 is 0 Å². The minimum Gasteiger partial charge on any atom is -0.309 e. The summed E-state index contributed by atoms with van der Waals surface area (Å²) in [6.07, 6.45) is 1.69. The number of para-hydroxylation sites is 2. The molecule has 46 heavy (non-hydrogen) atoms. The molecule has 0 unspecified atom stereocenters. The summed E-state index contributed by atoms with van der Waals surface area (Å²) in [5.74, 6) is 0.843. The molecule has 0 radical (unpaired) electrons. The van der Waals surface area contributed by atoms with Gasteiger partial charge in [0.1, 0.15) is 12.1 Å². The number of aromatic nitrogens is 4. The fourth-order valence-corrected chi connectivity index (χ4v) is 7.32. The number of fused-ring (bicyclic) bond motifs is 11. The van der Waals surface area contributed by atoms with Gasteiger partial charge in [-0.05, 0) is 52.9 Å². The summed E-state index contributed by atoms with van der Waals surface area (Å²) in [6, 6.07) is 54.3. The molecule has 0 aliphatic rings. The van der Waals surface area contributed by atoms with Crippen LogP contribution in [-0.4, -0.2) is 18.9 Å². The summed E-state index contributed by atoms with van der Waals surface area (Å²) in [4.78, 5) is 9.60. The fourth-order valence-electron chi connectivity index (χ4n) is 7.32. The first-order valence-electron chi connectivity index (χ1n) is 15.6. The molecule has 6 aromatic carbocycles. The molecule has 0 aliphatic heterocycles. The SMILES string of the molecule is c1ccc(-c2cccc(-c3cc(-n4c5ccccc5c5cc6c7ccccc7c7cc8ccccc8n7c6cc54)ncn3)c2)cc1. The van der Waals surface area contributed by atoms with Crippen LogP contribution in [-0.2, 0) is 0 Å². The van der Waals surface area contributed by atoms with Gasteiger partial charge in [-0.2, -0.15) is 0 Å². The Morgan fingerprint density at radius 2 is 1.02 bits per heavy atom. The molecule has 0 amide bonds. The van der Waals surface area contributed by atoms with Gasteiger partial charge >= 0.3 is 0 Å². The maximum atomic E-state index is 4.87. The highest BCUT2D eigenvalue weighted by molar-refractivity contribution is 6.21. The molecule has 0 spiro atoms. The second-order valence-corrected chi connectivity index (χ2v) is 11.9. The number of hydrogen-bond acceptors (Lipinski definition) is 2. The average Bonchev–Trinajstić information content (AvgIpc) is 3.68. The lowest BCUT2D eigenvalue weighted by atomic mass is 10.0. The zero-order chi connectivity index (χ0) is 30.2. The smallest absolute Gasteiger partial charge is 0.141 e. The van der Waals surface area contributed by atoms with Crippen LogP contribution < -0.4 is 0 Å². The normalized spacial score (nSPS) is 11.9. The molecule has 0 saturated carbocycles. The van der Waals surface area contributed by atoms with Crippen molar-refractivity contribution in [2.24, 2.45) is 0 Å². The van der Waals surface area contributed by atoms with Crippen LogP contribution in [0.2, 0.25) is 0 Å². The number of hydrogen-bond donors (Lipinski definition) is 0. The van der Waals surface area contributed by atoms with E-state index in [1.54, 1.807) is 6.33 Å². The van der Waals surface area contributed by atoms with Crippen molar-refractivity contribution in [3.8, 4) is 28.2 Å². The summed E-state index contributed by atoms with van der Waals surface area (Å²) in [5.41, 5.74) is 10.1. The zero-order valence-corrected chi connectivity index (χ0v) is 24.8. The van der Waals surface area contributed by atoms with E-state index in [-0.39, 0.29) is 0 Å². The number of benzene rings is 6. The van der Waals surface area contributed by atoms with Crippen LogP contribution in [0.3, 0.4) is 0 Å². The predicted octanol–water partition coefficient (Wildman–Crippen LogP) is 10.6. The molecule has 0 saturated heterocycles. The van der Waals surface area contributed by atoms with Crippen LogP contribution in [0, 0.1) is 0 Å². The third-order valence-electron chi connectivity index (χ3n) is 9.38. The van der Waals surface area contributed by atoms with Crippen LogP contribution in [0.25, 0.3) is 88.1 Å². The highest BCUT2D eigenvalue weighted by Crippen LogP contribution is 2.40. The van der Waals surface area contributed by atoms with E-state index in [0.29, 0.717) is 0 Å². The summed E-state index contributed by atoms with van der Waals surface area (Å²) < 4.78 is 4.72. The maximum Gasteiger partial charge on any atom is 0.141 e. The minimum atomic E-state index is 0.843. The minimum absolute atomic E-state index is 0.843. The molecule has 0 atom stereocenters. The van der Waals surface area contributed by atoms with E-state index in [4.69, 9.17) is 9.97 Å². The zero-order valence-electron chi connectivity index (χ0n) is 24.8. The van der Waals surface area contributed by atoms with Gasteiger partial charge in [0.05, 0.1) is 33.3 Å². The largest absolute Gasteiger partial charge is 0.309 e. The van der Waals surface area contributed by atoms with Gasteiger partial charge in [0.2, 0.25) is 0 Å². The Morgan fingerprint density at radius 3 is 1.89 bits per heavy atom. The highest BCUT2D eigenvalue weighted by Gasteiger charge is 2.18. The third-order valence-corrected chi connectivity index (χ3v) is 9.38. The molecule has 0 N–H and O–H groups in total. The van der Waals surface area contributed by atoms with E-state index >= 15 is 0 Å². The van der Waals surface area contributed by atoms with Crippen molar-refractivity contribution in [2.45, 2.75) is 0 Å². The highest BCUT2D eigenvalue weighted by atomic mass is 15.1. The van der Waals surface area contributed by atoms with Crippen LogP contribution >= 0.6 is 0 Å². The quantitative estimate of drug-likeness (QED) is 0.193. The van der Waals surface area contributed by atoms with Crippen molar-refractivity contribution in [1.29, 1.82) is 0 Å². The lowest BCUT2D eigenvalue weighted by Crippen LogP contribution is -1.99. The molecule has 4 aromatic heterocycles. The van der Waals surface area contributed by atoms with Crippen molar-refractivity contribution in [1.82, 2.24) is 18.9 Å². The molecule has 10 rings (SSSR count). The Kier molecular flexibility index (Phi) is 5.25. The monoisotopic (exact) mass is 586 g/mol. The third kappa shape index (κ3) is 3.61. The Balaban J connectivity index is 1.27. The molecule has 4 heterocycles. The second kappa shape index (κ2) is 9.62. The van der Waals surface area contributed by atoms with Crippen LogP contribution in [0.15, 0.2) is 158 Å². The van der Waals surface area contributed by atoms with E-state index in [1.165, 1.54) is 54.4 Å². The Labute approximate surface area is 264 Å². The lowest BCUT2D eigenvalue weighted by molar-refractivity contribution is 1.04. The summed E-state index contributed by atoms with van der Waals surface area (Å²) in [6.45, 7) is 0. The summed E-state index contributed by atoms with van der Waals surface area (Å²) in [5, 5.41) is 7.39. The Morgan fingerprint density at radius 1 is 0.370 bits per heavy atom. The van der Waals surface area contributed by atoms with E-state index in [9.17, 15) is 0 Å². The van der Waals surface area contributed by atoms with E-state index in [2.05, 4.69) is 155 Å². The van der Waals surface area contributed by atoms with Crippen molar-refractivity contribution >= 4 is 59.9 Å². The number of pyridine rings is 1. The molecule has 0 bridgehead atoms. The molecule has 10 aromatic rings. The van der Waals surface area contributed by atoms with Gasteiger partial charge in [-0.3, -0.25) is 4.57 Å². The molecule has 214 valence electrons. The Bertz CT molecular complexity index is 2810. The lowest BCUT2D eigenvalue weighted by Gasteiger charge is -2.12. The number of rotatable bonds is 3. The maximum absolute atomic E-state index is 4.87. The van der Waals surface area contributed by atoms with Gasteiger partial charge in [-0.25, -0.2) is 9.97 Å². The molecule has 4 heteroatoms. The van der Waals surface area contributed by atoms with Gasteiger partial charge in [-0.15, -0.1) is 0 Å². The predicted molar refractivity (Wildman–Crippen MR) is 191 cm³/mol. The van der Waals surface area contributed by atoms with Crippen molar-refractivity contribution in [3.63, 3.8) is 0 Å². The van der Waals surface area contributed by atoms with Crippen LogP contribution in [0.1, 0.15) is 0 Å². The van der Waals surface area contributed by atoms with Crippen molar-refractivity contribution < 1.29 is 0 Å².